The van der Waals surface area contributed by atoms with E-state index in [0.717, 1.165) is 6.54 Å². The summed E-state index contributed by atoms with van der Waals surface area (Å²) in [5.41, 5.74) is 0. The molecule has 0 spiro atoms. The normalized spacial score (nSPS) is 14.4. The summed E-state index contributed by atoms with van der Waals surface area (Å²) in [6, 6.07) is 0. The van der Waals surface area contributed by atoms with Gasteiger partial charge in [-0.3, -0.25) is 0 Å². The lowest BCUT2D eigenvalue weighted by atomic mass is 10.2. The van der Waals surface area contributed by atoms with E-state index in [9.17, 15) is 5.11 Å². The van der Waals surface area contributed by atoms with Crippen LogP contribution in [0.1, 0.15) is 20.8 Å². The highest BCUT2D eigenvalue weighted by Gasteiger charge is 2.15. The van der Waals surface area contributed by atoms with Crippen LogP contribution in [0.15, 0.2) is 0 Å². The standard InChI is InChI=1S/C10H23NO2S/c1-5-13-7-9(12)6-11-8-10(2,3)14-4/h9,11-12H,5-8H2,1-4H3. The van der Waals surface area contributed by atoms with Crippen LogP contribution < -0.4 is 5.32 Å². The van der Waals surface area contributed by atoms with E-state index in [4.69, 9.17) is 4.74 Å². The van der Waals surface area contributed by atoms with E-state index < -0.39 is 6.10 Å². The Morgan fingerprint density at radius 2 is 2.14 bits per heavy atom. The van der Waals surface area contributed by atoms with E-state index in [-0.39, 0.29) is 4.75 Å². The van der Waals surface area contributed by atoms with Gasteiger partial charge in [-0.25, -0.2) is 0 Å². The smallest absolute Gasteiger partial charge is 0.0897 e. The van der Waals surface area contributed by atoms with Gasteiger partial charge in [0, 0.05) is 24.4 Å². The first-order valence-corrected chi connectivity index (χ1v) is 6.26. The van der Waals surface area contributed by atoms with Gasteiger partial charge in [0.25, 0.3) is 0 Å². The monoisotopic (exact) mass is 221 g/mol. The largest absolute Gasteiger partial charge is 0.389 e. The van der Waals surface area contributed by atoms with Crippen molar-refractivity contribution in [3.05, 3.63) is 0 Å². The molecule has 0 radical (unpaired) electrons. The summed E-state index contributed by atoms with van der Waals surface area (Å²) in [7, 11) is 0. The van der Waals surface area contributed by atoms with Crippen molar-refractivity contribution in [3.8, 4) is 0 Å². The minimum Gasteiger partial charge on any atom is -0.389 e. The SMILES string of the molecule is CCOCC(O)CNCC(C)(C)SC. The van der Waals surface area contributed by atoms with Crippen molar-refractivity contribution in [1.29, 1.82) is 0 Å². The molecule has 0 aliphatic heterocycles. The lowest BCUT2D eigenvalue weighted by Gasteiger charge is -2.23. The van der Waals surface area contributed by atoms with Crippen LogP contribution in [0.4, 0.5) is 0 Å². The van der Waals surface area contributed by atoms with Crippen LogP contribution in [0, 0.1) is 0 Å². The first-order valence-electron chi connectivity index (χ1n) is 5.03. The Balaban J connectivity index is 3.43. The minimum absolute atomic E-state index is 0.228. The second-order valence-electron chi connectivity index (χ2n) is 3.91. The Labute approximate surface area is 91.6 Å². The van der Waals surface area contributed by atoms with Crippen molar-refractivity contribution < 1.29 is 9.84 Å². The number of thioether (sulfide) groups is 1. The first-order chi connectivity index (χ1) is 6.52. The molecule has 14 heavy (non-hydrogen) atoms. The van der Waals surface area contributed by atoms with Gasteiger partial charge in [-0.1, -0.05) is 0 Å². The molecule has 0 rings (SSSR count). The van der Waals surface area contributed by atoms with Crippen LogP contribution in [0.2, 0.25) is 0 Å². The third-order valence-electron chi connectivity index (χ3n) is 2.00. The van der Waals surface area contributed by atoms with Gasteiger partial charge in [0.15, 0.2) is 0 Å². The number of hydrogen-bond donors (Lipinski definition) is 2. The van der Waals surface area contributed by atoms with Crippen molar-refractivity contribution >= 4 is 11.8 Å². The lowest BCUT2D eigenvalue weighted by Crippen LogP contribution is -2.38. The van der Waals surface area contributed by atoms with Crippen LogP contribution in [0.3, 0.4) is 0 Å². The summed E-state index contributed by atoms with van der Waals surface area (Å²) < 4.78 is 5.34. The fraction of sp³-hybridized carbons (Fsp3) is 1.00. The second-order valence-corrected chi connectivity index (χ2v) is 5.42. The molecule has 0 aromatic heterocycles. The fourth-order valence-electron chi connectivity index (χ4n) is 0.925. The summed E-state index contributed by atoms with van der Waals surface area (Å²) in [6.45, 7) is 8.87. The molecule has 1 unspecified atom stereocenters. The molecule has 0 amide bonds. The summed E-state index contributed by atoms with van der Waals surface area (Å²) in [5, 5.41) is 12.7. The molecular formula is C10H23NO2S. The maximum atomic E-state index is 9.46. The average Bonchev–Trinajstić information content (AvgIpc) is 2.14. The highest BCUT2D eigenvalue weighted by atomic mass is 32.2. The molecule has 2 N–H and O–H groups in total. The van der Waals surface area contributed by atoms with Crippen LogP contribution in [-0.4, -0.2) is 48.5 Å². The van der Waals surface area contributed by atoms with Crippen molar-refractivity contribution in [3.63, 3.8) is 0 Å². The van der Waals surface area contributed by atoms with Crippen LogP contribution >= 0.6 is 11.8 Å². The molecular weight excluding hydrogens is 198 g/mol. The van der Waals surface area contributed by atoms with Crippen molar-refractivity contribution in [2.75, 3.05) is 32.6 Å². The van der Waals surface area contributed by atoms with E-state index in [0.29, 0.717) is 19.8 Å². The maximum absolute atomic E-state index is 9.46. The molecule has 1 atom stereocenters. The predicted molar refractivity (Wildman–Crippen MR) is 63.0 cm³/mol. The molecule has 0 aromatic rings. The van der Waals surface area contributed by atoms with Gasteiger partial charge in [-0.15, -0.1) is 0 Å². The Morgan fingerprint density at radius 1 is 1.50 bits per heavy atom. The Morgan fingerprint density at radius 3 is 2.64 bits per heavy atom. The molecule has 3 nitrogen and oxygen atoms in total. The minimum atomic E-state index is -0.396. The molecule has 0 heterocycles. The Kier molecular flexibility index (Phi) is 7.64. The zero-order valence-electron chi connectivity index (χ0n) is 9.67. The average molecular weight is 221 g/mol. The molecule has 0 saturated heterocycles. The number of hydrogen-bond acceptors (Lipinski definition) is 4. The van der Waals surface area contributed by atoms with Gasteiger partial charge in [-0.05, 0) is 27.0 Å². The van der Waals surface area contributed by atoms with E-state index in [1.807, 2.05) is 18.7 Å². The predicted octanol–water partition coefficient (Wildman–Crippen LogP) is 1.11. The molecule has 0 aliphatic carbocycles. The van der Waals surface area contributed by atoms with Gasteiger partial charge < -0.3 is 15.2 Å². The zero-order valence-corrected chi connectivity index (χ0v) is 10.5. The maximum Gasteiger partial charge on any atom is 0.0897 e. The summed E-state index contributed by atoms with van der Waals surface area (Å²) in [5.74, 6) is 0. The Bertz CT molecular complexity index is 142. The van der Waals surface area contributed by atoms with E-state index in [1.165, 1.54) is 0 Å². The number of ether oxygens (including phenoxy) is 1. The van der Waals surface area contributed by atoms with Gasteiger partial charge in [0.05, 0.1) is 12.7 Å². The first kappa shape index (κ1) is 14.2. The topological polar surface area (TPSA) is 41.5 Å². The van der Waals surface area contributed by atoms with Gasteiger partial charge >= 0.3 is 0 Å². The number of aliphatic hydroxyl groups excluding tert-OH is 1. The lowest BCUT2D eigenvalue weighted by molar-refractivity contribution is 0.0428. The number of nitrogens with one attached hydrogen (secondary N) is 1. The molecule has 0 fully saturated rings. The van der Waals surface area contributed by atoms with E-state index in [2.05, 4.69) is 25.4 Å². The Hall–Kier alpha value is 0.230. The summed E-state index contributed by atoms with van der Waals surface area (Å²) in [6.07, 6.45) is 1.70. The van der Waals surface area contributed by atoms with Gasteiger partial charge in [0.1, 0.15) is 0 Å². The van der Waals surface area contributed by atoms with Crippen LogP contribution in [0.25, 0.3) is 0 Å². The fourth-order valence-corrected chi connectivity index (χ4v) is 1.17. The zero-order chi connectivity index (χ0) is 11.0. The van der Waals surface area contributed by atoms with Gasteiger partial charge in [-0.2, -0.15) is 11.8 Å². The highest BCUT2D eigenvalue weighted by Crippen LogP contribution is 2.19. The molecule has 86 valence electrons. The molecule has 0 aromatic carbocycles. The third kappa shape index (κ3) is 7.62. The number of rotatable bonds is 8. The molecule has 0 saturated carbocycles. The van der Waals surface area contributed by atoms with Crippen molar-refractivity contribution in [1.82, 2.24) is 5.32 Å². The highest BCUT2D eigenvalue weighted by molar-refractivity contribution is 7.99. The molecule has 0 bridgehead atoms. The van der Waals surface area contributed by atoms with Crippen molar-refractivity contribution in [2.45, 2.75) is 31.6 Å². The summed E-state index contributed by atoms with van der Waals surface area (Å²) in [4.78, 5) is 0. The van der Waals surface area contributed by atoms with Crippen LogP contribution in [0.5, 0.6) is 0 Å². The van der Waals surface area contributed by atoms with Crippen molar-refractivity contribution in [2.24, 2.45) is 0 Å². The van der Waals surface area contributed by atoms with Crippen LogP contribution in [-0.2, 0) is 4.74 Å². The van der Waals surface area contributed by atoms with E-state index in [1.54, 1.807) is 0 Å². The third-order valence-corrected chi connectivity index (χ3v) is 3.25. The molecule has 0 aliphatic rings. The second kappa shape index (κ2) is 7.51. The molecule has 4 heteroatoms. The van der Waals surface area contributed by atoms with E-state index >= 15 is 0 Å². The quantitative estimate of drug-likeness (QED) is 0.644. The summed E-state index contributed by atoms with van der Waals surface area (Å²) >= 11 is 1.82. The van der Waals surface area contributed by atoms with Gasteiger partial charge in [0.2, 0.25) is 0 Å². The number of aliphatic hydroxyl groups is 1.